The zero-order chi connectivity index (χ0) is 10.1. The topological polar surface area (TPSA) is 77.8 Å². The van der Waals surface area contributed by atoms with Crippen molar-refractivity contribution in [1.82, 2.24) is 10.2 Å². The molecule has 72 valence electrons. The van der Waals surface area contributed by atoms with Crippen molar-refractivity contribution in [2.45, 2.75) is 6.92 Å². The minimum absolute atomic E-state index is 0.474. The molecule has 0 amide bonds. The first-order valence-electron chi connectivity index (χ1n) is 4.13. The van der Waals surface area contributed by atoms with Gasteiger partial charge in [0.1, 0.15) is 5.01 Å². The van der Waals surface area contributed by atoms with Crippen LogP contribution < -0.4 is 11.5 Å². The Bertz CT molecular complexity index is 464. The van der Waals surface area contributed by atoms with Gasteiger partial charge in [0.2, 0.25) is 5.13 Å². The molecule has 0 aliphatic carbocycles. The predicted octanol–water partition coefficient (Wildman–Crippen LogP) is 1.68. The summed E-state index contributed by atoms with van der Waals surface area (Å²) in [6.45, 7) is 1.96. The molecule has 0 bridgehead atoms. The van der Waals surface area contributed by atoms with Crippen molar-refractivity contribution in [3.63, 3.8) is 0 Å². The van der Waals surface area contributed by atoms with E-state index in [0.29, 0.717) is 5.13 Å². The number of hydrogen-bond donors (Lipinski definition) is 2. The summed E-state index contributed by atoms with van der Waals surface area (Å²) < 4.78 is 0. The van der Waals surface area contributed by atoms with Crippen LogP contribution in [0.15, 0.2) is 18.2 Å². The zero-order valence-corrected chi connectivity index (χ0v) is 8.51. The lowest BCUT2D eigenvalue weighted by atomic mass is 10.1. The van der Waals surface area contributed by atoms with Gasteiger partial charge in [0.25, 0.3) is 0 Å². The summed E-state index contributed by atoms with van der Waals surface area (Å²) in [5, 5.41) is 9.03. The van der Waals surface area contributed by atoms with Crippen molar-refractivity contribution in [3.05, 3.63) is 23.8 Å². The molecule has 1 aromatic carbocycles. The zero-order valence-electron chi connectivity index (χ0n) is 7.69. The molecular formula is C9H10N4S. The number of nitrogen functional groups attached to an aromatic ring is 2. The monoisotopic (exact) mass is 206 g/mol. The van der Waals surface area contributed by atoms with E-state index >= 15 is 0 Å². The van der Waals surface area contributed by atoms with Crippen LogP contribution in [0.25, 0.3) is 10.6 Å². The summed E-state index contributed by atoms with van der Waals surface area (Å²) in [4.78, 5) is 0. The Kier molecular flexibility index (Phi) is 2.09. The standard InChI is InChI=1S/C9H10N4S/c1-5-6(3-2-4-7(5)10)8-12-13-9(11)14-8/h2-4H,10H2,1H3,(H2,11,13). The Morgan fingerprint density at radius 1 is 1.21 bits per heavy atom. The highest BCUT2D eigenvalue weighted by atomic mass is 32.1. The first kappa shape index (κ1) is 8.96. The van der Waals surface area contributed by atoms with E-state index in [0.717, 1.165) is 21.8 Å². The molecule has 0 radical (unpaired) electrons. The van der Waals surface area contributed by atoms with Crippen molar-refractivity contribution in [1.29, 1.82) is 0 Å². The smallest absolute Gasteiger partial charge is 0.203 e. The quantitative estimate of drug-likeness (QED) is 0.696. The molecule has 2 rings (SSSR count). The van der Waals surface area contributed by atoms with Gasteiger partial charge in [0.15, 0.2) is 0 Å². The number of benzene rings is 1. The van der Waals surface area contributed by atoms with Crippen LogP contribution in [-0.2, 0) is 0 Å². The van der Waals surface area contributed by atoms with Gasteiger partial charge in [0.05, 0.1) is 0 Å². The summed E-state index contributed by atoms with van der Waals surface area (Å²) >= 11 is 1.36. The summed E-state index contributed by atoms with van der Waals surface area (Å²) in [6.07, 6.45) is 0. The van der Waals surface area contributed by atoms with Crippen LogP contribution in [0, 0.1) is 6.92 Å². The van der Waals surface area contributed by atoms with Crippen molar-refractivity contribution < 1.29 is 0 Å². The van der Waals surface area contributed by atoms with E-state index in [4.69, 9.17) is 11.5 Å². The number of nitrogens with two attached hydrogens (primary N) is 2. The first-order chi connectivity index (χ1) is 6.68. The fraction of sp³-hybridized carbons (Fsp3) is 0.111. The van der Waals surface area contributed by atoms with E-state index in [1.165, 1.54) is 11.3 Å². The average molecular weight is 206 g/mol. The van der Waals surface area contributed by atoms with E-state index in [1.807, 2.05) is 25.1 Å². The normalized spacial score (nSPS) is 10.4. The van der Waals surface area contributed by atoms with Gasteiger partial charge in [-0.15, -0.1) is 10.2 Å². The second-order valence-electron chi connectivity index (χ2n) is 2.97. The lowest BCUT2D eigenvalue weighted by Crippen LogP contribution is -1.91. The van der Waals surface area contributed by atoms with Gasteiger partial charge in [0, 0.05) is 11.3 Å². The molecule has 2 aromatic rings. The number of rotatable bonds is 1. The molecule has 4 nitrogen and oxygen atoms in total. The van der Waals surface area contributed by atoms with Crippen LogP contribution in [0.5, 0.6) is 0 Å². The predicted molar refractivity (Wildman–Crippen MR) is 58.9 cm³/mol. The van der Waals surface area contributed by atoms with Gasteiger partial charge in [-0.3, -0.25) is 0 Å². The van der Waals surface area contributed by atoms with Gasteiger partial charge in [-0.25, -0.2) is 0 Å². The van der Waals surface area contributed by atoms with Gasteiger partial charge in [-0.05, 0) is 18.6 Å². The Labute approximate surface area is 85.6 Å². The van der Waals surface area contributed by atoms with Crippen LogP contribution >= 0.6 is 11.3 Å². The number of anilines is 2. The second-order valence-corrected chi connectivity index (χ2v) is 3.97. The molecule has 5 heteroatoms. The molecule has 0 aliphatic rings. The number of hydrogen-bond acceptors (Lipinski definition) is 5. The van der Waals surface area contributed by atoms with Crippen LogP contribution in [0.2, 0.25) is 0 Å². The summed E-state index contributed by atoms with van der Waals surface area (Å²) in [5.74, 6) is 0. The minimum Gasteiger partial charge on any atom is -0.398 e. The molecule has 0 saturated carbocycles. The summed E-state index contributed by atoms with van der Waals surface area (Å²) in [7, 11) is 0. The van der Waals surface area contributed by atoms with E-state index in [1.54, 1.807) is 0 Å². The first-order valence-corrected chi connectivity index (χ1v) is 4.94. The minimum atomic E-state index is 0.474. The maximum atomic E-state index is 5.79. The number of nitrogens with zero attached hydrogens (tertiary/aromatic N) is 2. The van der Waals surface area contributed by atoms with Crippen molar-refractivity contribution in [2.24, 2.45) is 0 Å². The van der Waals surface area contributed by atoms with E-state index < -0.39 is 0 Å². The molecule has 0 aliphatic heterocycles. The fourth-order valence-corrected chi connectivity index (χ4v) is 1.92. The third-order valence-corrected chi connectivity index (χ3v) is 2.83. The molecule has 14 heavy (non-hydrogen) atoms. The molecule has 0 saturated heterocycles. The molecule has 4 N–H and O–H groups in total. The SMILES string of the molecule is Cc1c(N)cccc1-c1nnc(N)s1. The van der Waals surface area contributed by atoms with E-state index in [2.05, 4.69) is 10.2 Å². The molecule has 1 heterocycles. The molecule has 1 aromatic heterocycles. The Morgan fingerprint density at radius 3 is 2.64 bits per heavy atom. The van der Waals surface area contributed by atoms with Gasteiger partial charge in [-0.2, -0.15) is 0 Å². The lowest BCUT2D eigenvalue weighted by molar-refractivity contribution is 1.10. The molecule has 0 unspecified atom stereocenters. The Morgan fingerprint density at radius 2 is 2.00 bits per heavy atom. The second kappa shape index (κ2) is 3.26. The maximum Gasteiger partial charge on any atom is 0.203 e. The Hall–Kier alpha value is -1.62. The van der Waals surface area contributed by atoms with E-state index in [-0.39, 0.29) is 0 Å². The average Bonchev–Trinajstić information content (AvgIpc) is 2.57. The van der Waals surface area contributed by atoms with Crippen molar-refractivity contribution in [2.75, 3.05) is 11.5 Å². The fourth-order valence-electron chi connectivity index (χ4n) is 1.23. The third kappa shape index (κ3) is 1.42. The van der Waals surface area contributed by atoms with Crippen LogP contribution in [0.1, 0.15) is 5.56 Å². The van der Waals surface area contributed by atoms with Crippen molar-refractivity contribution >= 4 is 22.2 Å². The maximum absolute atomic E-state index is 5.79. The lowest BCUT2D eigenvalue weighted by Gasteiger charge is -2.03. The van der Waals surface area contributed by atoms with Crippen LogP contribution in [0.4, 0.5) is 10.8 Å². The highest BCUT2D eigenvalue weighted by molar-refractivity contribution is 7.18. The van der Waals surface area contributed by atoms with Gasteiger partial charge < -0.3 is 11.5 Å². The number of aromatic nitrogens is 2. The molecule has 0 spiro atoms. The van der Waals surface area contributed by atoms with E-state index in [9.17, 15) is 0 Å². The Balaban J connectivity index is 2.57. The van der Waals surface area contributed by atoms with Gasteiger partial charge >= 0.3 is 0 Å². The van der Waals surface area contributed by atoms with Gasteiger partial charge in [-0.1, -0.05) is 23.5 Å². The molecule has 0 atom stereocenters. The van der Waals surface area contributed by atoms with Crippen molar-refractivity contribution in [3.8, 4) is 10.6 Å². The molecular weight excluding hydrogens is 196 g/mol. The van der Waals surface area contributed by atoms with Crippen LogP contribution in [-0.4, -0.2) is 10.2 Å². The van der Waals surface area contributed by atoms with Crippen LogP contribution in [0.3, 0.4) is 0 Å². The highest BCUT2D eigenvalue weighted by Gasteiger charge is 2.08. The summed E-state index contributed by atoms with van der Waals surface area (Å²) in [6, 6.07) is 5.73. The third-order valence-electron chi connectivity index (χ3n) is 2.05. The summed E-state index contributed by atoms with van der Waals surface area (Å²) in [5.41, 5.74) is 14.1. The highest BCUT2D eigenvalue weighted by Crippen LogP contribution is 2.29. The largest absolute Gasteiger partial charge is 0.398 e. The molecule has 0 fully saturated rings.